The maximum atomic E-state index is 13.7. The number of carbonyl (C=O) groups excluding carboxylic acids is 3. The highest BCUT2D eigenvalue weighted by atomic mass is 16.2. The van der Waals surface area contributed by atoms with E-state index < -0.39 is 5.54 Å². The summed E-state index contributed by atoms with van der Waals surface area (Å²) in [5, 5.41) is 4.01. The van der Waals surface area contributed by atoms with Crippen LogP contribution in [0.4, 0.5) is 10.5 Å². The fourth-order valence-corrected chi connectivity index (χ4v) is 4.96. The fraction of sp³-hybridized carbons (Fsp3) is 0.346. The molecule has 3 heterocycles. The lowest BCUT2D eigenvalue weighted by molar-refractivity contribution is -0.125. The second kappa shape index (κ2) is 7.76. The number of carbonyl (C=O) groups is 3. The number of para-hydroxylation sites is 1. The molecule has 4 amide bonds. The number of urea groups is 1. The zero-order chi connectivity index (χ0) is 23.3. The number of imide groups is 1. The summed E-state index contributed by atoms with van der Waals surface area (Å²) in [5.41, 5.74) is 2.74. The van der Waals surface area contributed by atoms with Crippen LogP contribution in [0.25, 0.3) is 10.9 Å². The highest BCUT2D eigenvalue weighted by Crippen LogP contribution is 2.45. The van der Waals surface area contributed by atoms with E-state index in [0.717, 1.165) is 28.6 Å². The van der Waals surface area contributed by atoms with E-state index in [2.05, 4.69) is 24.1 Å². The number of hydrogen-bond acceptors (Lipinski definition) is 3. The van der Waals surface area contributed by atoms with Crippen molar-refractivity contribution in [3.8, 4) is 0 Å². The van der Waals surface area contributed by atoms with E-state index in [-0.39, 0.29) is 17.8 Å². The number of rotatable bonds is 5. The first-order chi connectivity index (χ1) is 15.8. The number of benzene rings is 2. The molecule has 2 aliphatic rings. The van der Waals surface area contributed by atoms with Crippen LogP contribution in [0.15, 0.2) is 48.5 Å². The van der Waals surface area contributed by atoms with Crippen LogP contribution in [0.3, 0.4) is 0 Å². The number of nitrogens with one attached hydrogen (secondary N) is 2. The predicted octanol–water partition coefficient (Wildman–Crippen LogP) is 4.18. The summed E-state index contributed by atoms with van der Waals surface area (Å²) in [6.45, 7) is 7.12. The van der Waals surface area contributed by atoms with Gasteiger partial charge in [0.15, 0.2) is 5.54 Å². The smallest absolute Gasteiger partial charge is 0.332 e. The molecular formula is C26H28N4O3. The minimum atomic E-state index is -1.09. The van der Waals surface area contributed by atoms with Gasteiger partial charge in [0.05, 0.1) is 11.4 Å². The molecule has 2 aromatic carbocycles. The van der Waals surface area contributed by atoms with Gasteiger partial charge in [0.1, 0.15) is 0 Å². The van der Waals surface area contributed by atoms with E-state index in [9.17, 15) is 14.4 Å². The van der Waals surface area contributed by atoms with Crippen molar-refractivity contribution in [2.24, 2.45) is 5.92 Å². The molecule has 0 radical (unpaired) electrons. The average molecular weight is 445 g/mol. The molecule has 3 aromatic rings. The van der Waals surface area contributed by atoms with E-state index in [0.29, 0.717) is 36.7 Å². The summed E-state index contributed by atoms with van der Waals surface area (Å²) in [4.78, 5) is 45.7. The van der Waals surface area contributed by atoms with Crippen LogP contribution in [-0.4, -0.2) is 40.8 Å². The Kier molecular flexibility index (Phi) is 5.00. The standard InChI is InChI=1S/C26H28N4O3/c1-16(2)12-14-27-23(31)17-8-10-18(11-9-17)30-24(32)26(3)22-20(13-15-29(26)25(30)33)19-6-4-5-7-21(19)28-22/h4-11,16,28H,12-15H2,1-3H3,(H,27,31)/t26-/m0/s1. The third-order valence-corrected chi connectivity index (χ3v) is 6.86. The molecule has 2 aliphatic heterocycles. The Bertz CT molecular complexity index is 1260. The SMILES string of the molecule is CC(C)CCNC(=O)c1ccc(N2C(=O)N3CCc4c([nH]c5ccccc45)[C@@]3(C)C2=O)cc1. The topological polar surface area (TPSA) is 85.5 Å². The average Bonchev–Trinajstić information content (AvgIpc) is 3.27. The first-order valence-electron chi connectivity index (χ1n) is 11.5. The molecule has 0 aliphatic carbocycles. The molecule has 1 saturated heterocycles. The van der Waals surface area contributed by atoms with E-state index in [1.807, 2.05) is 31.2 Å². The summed E-state index contributed by atoms with van der Waals surface area (Å²) in [6, 6.07) is 14.3. The zero-order valence-electron chi connectivity index (χ0n) is 19.1. The molecule has 1 atom stereocenters. The lowest BCUT2D eigenvalue weighted by Gasteiger charge is -2.35. The number of hydrogen-bond donors (Lipinski definition) is 2. The Balaban J connectivity index is 1.44. The van der Waals surface area contributed by atoms with Crippen LogP contribution in [0.1, 0.15) is 48.8 Å². The molecule has 0 unspecified atom stereocenters. The molecule has 7 heteroatoms. The van der Waals surface area contributed by atoms with Gasteiger partial charge in [0, 0.05) is 29.6 Å². The Morgan fingerprint density at radius 3 is 2.58 bits per heavy atom. The van der Waals surface area contributed by atoms with Gasteiger partial charge in [-0.3, -0.25) is 9.59 Å². The molecule has 0 spiro atoms. The van der Waals surface area contributed by atoms with Gasteiger partial charge in [-0.05, 0) is 61.6 Å². The monoisotopic (exact) mass is 444 g/mol. The van der Waals surface area contributed by atoms with E-state index in [4.69, 9.17) is 0 Å². The minimum absolute atomic E-state index is 0.159. The van der Waals surface area contributed by atoms with Crippen LogP contribution in [-0.2, 0) is 16.8 Å². The molecule has 1 fully saturated rings. The minimum Gasteiger partial charge on any atom is -0.356 e. The number of aromatic nitrogens is 1. The quantitative estimate of drug-likeness (QED) is 0.579. The largest absolute Gasteiger partial charge is 0.356 e. The van der Waals surface area contributed by atoms with Gasteiger partial charge in [0.2, 0.25) is 0 Å². The van der Waals surface area contributed by atoms with Gasteiger partial charge in [0.25, 0.3) is 11.8 Å². The van der Waals surface area contributed by atoms with Crippen molar-refractivity contribution in [1.82, 2.24) is 15.2 Å². The Morgan fingerprint density at radius 2 is 1.85 bits per heavy atom. The van der Waals surface area contributed by atoms with Gasteiger partial charge >= 0.3 is 6.03 Å². The van der Waals surface area contributed by atoms with Crippen molar-refractivity contribution in [3.63, 3.8) is 0 Å². The van der Waals surface area contributed by atoms with Crippen molar-refractivity contribution in [1.29, 1.82) is 0 Å². The maximum absolute atomic E-state index is 13.7. The van der Waals surface area contributed by atoms with E-state index >= 15 is 0 Å². The van der Waals surface area contributed by atoms with E-state index in [1.54, 1.807) is 29.2 Å². The van der Waals surface area contributed by atoms with Crippen molar-refractivity contribution in [2.45, 2.75) is 39.2 Å². The number of aromatic amines is 1. The van der Waals surface area contributed by atoms with Crippen molar-refractivity contribution in [3.05, 3.63) is 65.4 Å². The molecule has 5 rings (SSSR count). The third kappa shape index (κ3) is 3.22. The predicted molar refractivity (Wildman–Crippen MR) is 127 cm³/mol. The van der Waals surface area contributed by atoms with Gasteiger partial charge in [-0.2, -0.15) is 0 Å². The van der Waals surface area contributed by atoms with Crippen LogP contribution in [0.5, 0.6) is 0 Å². The number of nitrogens with zero attached hydrogens (tertiary/aromatic N) is 2. The first-order valence-corrected chi connectivity index (χ1v) is 11.5. The van der Waals surface area contributed by atoms with Crippen molar-refractivity contribution < 1.29 is 14.4 Å². The van der Waals surface area contributed by atoms with Crippen molar-refractivity contribution in [2.75, 3.05) is 18.0 Å². The van der Waals surface area contributed by atoms with Gasteiger partial charge in [-0.1, -0.05) is 32.0 Å². The molecule has 0 bridgehead atoms. The summed E-state index contributed by atoms with van der Waals surface area (Å²) < 4.78 is 0. The normalized spacial score (nSPS) is 19.9. The summed E-state index contributed by atoms with van der Waals surface area (Å²) >= 11 is 0. The van der Waals surface area contributed by atoms with Crippen molar-refractivity contribution >= 4 is 34.4 Å². The molecule has 2 N–H and O–H groups in total. The number of H-pyrrole nitrogens is 1. The molecule has 170 valence electrons. The fourth-order valence-electron chi connectivity index (χ4n) is 4.96. The second-order valence-electron chi connectivity index (χ2n) is 9.41. The maximum Gasteiger partial charge on any atom is 0.332 e. The van der Waals surface area contributed by atoms with Gasteiger partial charge in [-0.25, -0.2) is 9.69 Å². The third-order valence-electron chi connectivity index (χ3n) is 6.86. The first kappa shape index (κ1) is 21.2. The molecule has 33 heavy (non-hydrogen) atoms. The second-order valence-corrected chi connectivity index (χ2v) is 9.41. The lowest BCUT2D eigenvalue weighted by atomic mass is 9.87. The Hall–Kier alpha value is -3.61. The van der Waals surface area contributed by atoms with Gasteiger partial charge < -0.3 is 15.2 Å². The highest BCUT2D eigenvalue weighted by Gasteiger charge is 2.58. The van der Waals surface area contributed by atoms with Crippen LogP contribution < -0.4 is 10.2 Å². The number of fused-ring (bicyclic) bond motifs is 5. The number of amides is 4. The van der Waals surface area contributed by atoms with Gasteiger partial charge in [-0.15, -0.1) is 0 Å². The van der Waals surface area contributed by atoms with Crippen LogP contribution in [0.2, 0.25) is 0 Å². The zero-order valence-corrected chi connectivity index (χ0v) is 19.1. The number of anilines is 1. The molecule has 1 aromatic heterocycles. The van der Waals surface area contributed by atoms with Crippen LogP contribution >= 0.6 is 0 Å². The summed E-state index contributed by atoms with van der Waals surface area (Å²) in [7, 11) is 0. The van der Waals surface area contributed by atoms with Crippen LogP contribution in [0, 0.1) is 5.92 Å². The summed E-state index contributed by atoms with van der Waals surface area (Å²) in [5.74, 6) is 0.0695. The van der Waals surface area contributed by atoms with E-state index in [1.165, 1.54) is 4.90 Å². The summed E-state index contributed by atoms with van der Waals surface area (Å²) in [6.07, 6.45) is 1.60. The molecular weight excluding hydrogens is 416 g/mol. The Labute approximate surface area is 192 Å². The Morgan fingerprint density at radius 1 is 1.12 bits per heavy atom. The molecule has 0 saturated carbocycles. The lowest BCUT2D eigenvalue weighted by Crippen LogP contribution is -2.49. The highest BCUT2D eigenvalue weighted by molar-refractivity contribution is 6.23. The molecule has 7 nitrogen and oxygen atoms in total.